The van der Waals surface area contributed by atoms with Crippen LogP contribution in [-0.4, -0.2) is 29.4 Å². The summed E-state index contributed by atoms with van der Waals surface area (Å²) in [4.78, 5) is 11.0. The van der Waals surface area contributed by atoms with E-state index in [0.29, 0.717) is 15.1 Å². The average Bonchev–Trinajstić information content (AvgIpc) is 2.31. The molecule has 0 heterocycles. The predicted octanol–water partition coefficient (Wildman–Crippen LogP) is 2.06. The highest BCUT2D eigenvalue weighted by molar-refractivity contribution is 9.10. The number of methoxy groups -OCH3 is 1. The Morgan fingerprint density at radius 2 is 2.18 bits per heavy atom. The number of benzene rings is 1. The summed E-state index contributed by atoms with van der Waals surface area (Å²) in [5.41, 5.74) is 0.425. The monoisotopic (exact) mass is 322 g/mol. The van der Waals surface area contributed by atoms with Crippen molar-refractivity contribution < 1.29 is 19.7 Å². The lowest BCUT2D eigenvalue weighted by Crippen LogP contribution is -2.22. The zero-order valence-electron chi connectivity index (χ0n) is 9.06. The third-order valence-electron chi connectivity index (χ3n) is 2.24. The van der Waals surface area contributed by atoms with E-state index >= 15 is 0 Å². The summed E-state index contributed by atoms with van der Waals surface area (Å²) in [7, 11) is 1.22. The molecule has 6 heteroatoms. The van der Waals surface area contributed by atoms with Crippen LogP contribution in [0.25, 0.3) is 0 Å². The number of carbonyl (C=O) groups excluding carboxylic acids is 1. The number of ether oxygens (including phenoxy) is 1. The van der Waals surface area contributed by atoms with Gasteiger partial charge in [0.15, 0.2) is 0 Å². The number of esters is 1. The Bertz CT molecular complexity index is 410. The van der Waals surface area contributed by atoms with Gasteiger partial charge in [0, 0.05) is 9.50 Å². The fourth-order valence-corrected chi connectivity index (χ4v) is 1.98. The molecule has 2 unspecified atom stereocenters. The summed E-state index contributed by atoms with van der Waals surface area (Å²) in [6.45, 7) is 0. The van der Waals surface area contributed by atoms with Crippen LogP contribution in [0.1, 0.15) is 18.1 Å². The van der Waals surface area contributed by atoms with Crippen LogP contribution in [-0.2, 0) is 9.53 Å². The molecule has 0 saturated carbocycles. The first-order valence-corrected chi connectivity index (χ1v) is 6.00. The molecule has 0 aromatic heterocycles. The number of hydrogen-bond donors (Lipinski definition) is 2. The van der Waals surface area contributed by atoms with E-state index in [9.17, 15) is 15.0 Å². The van der Waals surface area contributed by atoms with Crippen molar-refractivity contribution in [3.63, 3.8) is 0 Å². The largest absolute Gasteiger partial charge is 0.469 e. The SMILES string of the molecule is COC(=O)CC(O)C(O)c1cc(Cl)ccc1Br. The van der Waals surface area contributed by atoms with E-state index in [2.05, 4.69) is 20.7 Å². The van der Waals surface area contributed by atoms with Gasteiger partial charge >= 0.3 is 5.97 Å². The third kappa shape index (κ3) is 3.96. The van der Waals surface area contributed by atoms with Gasteiger partial charge in [0.05, 0.1) is 19.6 Å². The van der Waals surface area contributed by atoms with Crippen molar-refractivity contribution in [1.29, 1.82) is 0 Å². The van der Waals surface area contributed by atoms with Crippen molar-refractivity contribution in [3.05, 3.63) is 33.3 Å². The lowest BCUT2D eigenvalue weighted by atomic mass is 10.0. The van der Waals surface area contributed by atoms with E-state index in [1.54, 1.807) is 12.1 Å². The fraction of sp³-hybridized carbons (Fsp3) is 0.364. The minimum atomic E-state index is -1.24. The number of aliphatic hydroxyl groups is 2. The molecule has 0 bridgehead atoms. The van der Waals surface area contributed by atoms with Crippen LogP contribution in [0.3, 0.4) is 0 Å². The summed E-state index contributed by atoms with van der Waals surface area (Å²) in [5, 5.41) is 20.0. The van der Waals surface area contributed by atoms with Crippen LogP contribution < -0.4 is 0 Å². The Morgan fingerprint density at radius 3 is 2.76 bits per heavy atom. The third-order valence-corrected chi connectivity index (χ3v) is 3.20. The molecule has 0 radical (unpaired) electrons. The molecule has 1 rings (SSSR count). The summed E-state index contributed by atoms with van der Waals surface area (Å²) in [6, 6.07) is 4.83. The number of rotatable bonds is 4. The van der Waals surface area contributed by atoms with Crippen LogP contribution >= 0.6 is 27.5 Å². The second-order valence-electron chi connectivity index (χ2n) is 3.46. The van der Waals surface area contributed by atoms with Gasteiger partial charge in [0.1, 0.15) is 6.10 Å². The van der Waals surface area contributed by atoms with E-state index in [1.165, 1.54) is 13.2 Å². The molecule has 17 heavy (non-hydrogen) atoms. The molecule has 0 aliphatic heterocycles. The van der Waals surface area contributed by atoms with Crippen LogP contribution in [0.5, 0.6) is 0 Å². The van der Waals surface area contributed by atoms with E-state index in [1.807, 2.05) is 0 Å². The van der Waals surface area contributed by atoms with Gasteiger partial charge in [-0.05, 0) is 23.8 Å². The van der Waals surface area contributed by atoms with Crippen molar-refractivity contribution >= 4 is 33.5 Å². The first-order valence-electron chi connectivity index (χ1n) is 4.83. The van der Waals surface area contributed by atoms with Gasteiger partial charge in [0.2, 0.25) is 0 Å². The van der Waals surface area contributed by atoms with E-state index in [4.69, 9.17) is 11.6 Å². The van der Waals surface area contributed by atoms with E-state index in [0.717, 1.165) is 0 Å². The molecule has 0 aliphatic carbocycles. The van der Waals surface area contributed by atoms with Gasteiger partial charge in [0.25, 0.3) is 0 Å². The second-order valence-corrected chi connectivity index (χ2v) is 4.75. The Labute approximate surface area is 112 Å². The van der Waals surface area contributed by atoms with Gasteiger partial charge in [-0.1, -0.05) is 27.5 Å². The van der Waals surface area contributed by atoms with Crippen molar-refractivity contribution in [2.75, 3.05) is 7.11 Å². The normalized spacial score (nSPS) is 14.2. The van der Waals surface area contributed by atoms with Crippen LogP contribution in [0.2, 0.25) is 5.02 Å². The molecule has 0 fully saturated rings. The molecule has 0 aliphatic rings. The van der Waals surface area contributed by atoms with E-state index < -0.39 is 18.2 Å². The van der Waals surface area contributed by atoms with Gasteiger partial charge < -0.3 is 14.9 Å². The number of hydrogen-bond acceptors (Lipinski definition) is 4. The summed E-state index contributed by atoms with van der Waals surface area (Å²) < 4.78 is 5.02. The first-order chi connectivity index (χ1) is 7.95. The van der Waals surface area contributed by atoms with Crippen LogP contribution in [0, 0.1) is 0 Å². The molecular formula is C11H12BrClO4. The molecule has 1 aromatic carbocycles. The quantitative estimate of drug-likeness (QED) is 0.832. The van der Waals surface area contributed by atoms with Gasteiger partial charge in [-0.25, -0.2) is 0 Å². The Kier molecular flexibility index (Phi) is 5.39. The zero-order valence-corrected chi connectivity index (χ0v) is 11.4. The van der Waals surface area contributed by atoms with E-state index in [-0.39, 0.29) is 6.42 Å². The Balaban J connectivity index is 2.84. The maximum absolute atomic E-state index is 11.0. The molecule has 0 saturated heterocycles. The standard InChI is InChI=1S/C11H12BrClO4/c1-17-10(15)5-9(14)11(16)7-4-6(13)2-3-8(7)12/h2-4,9,11,14,16H,5H2,1H3. The summed E-state index contributed by atoms with van der Waals surface area (Å²) >= 11 is 9.03. The number of carbonyl (C=O) groups is 1. The zero-order chi connectivity index (χ0) is 13.0. The lowest BCUT2D eigenvalue weighted by Gasteiger charge is -2.18. The molecule has 4 nitrogen and oxygen atoms in total. The molecule has 2 N–H and O–H groups in total. The van der Waals surface area contributed by atoms with Crippen molar-refractivity contribution in [2.45, 2.75) is 18.6 Å². The minimum absolute atomic E-state index is 0.281. The molecule has 0 amide bonds. The summed E-state index contributed by atoms with van der Waals surface area (Å²) in [6.07, 6.45) is -2.73. The predicted molar refractivity (Wildman–Crippen MR) is 66.8 cm³/mol. The minimum Gasteiger partial charge on any atom is -0.469 e. The van der Waals surface area contributed by atoms with Crippen molar-refractivity contribution in [3.8, 4) is 0 Å². The highest BCUT2D eigenvalue weighted by atomic mass is 79.9. The molecule has 0 spiro atoms. The maximum Gasteiger partial charge on any atom is 0.308 e. The topological polar surface area (TPSA) is 66.8 Å². The van der Waals surface area contributed by atoms with Gasteiger partial charge in [-0.15, -0.1) is 0 Å². The van der Waals surface area contributed by atoms with Gasteiger partial charge in [-0.3, -0.25) is 4.79 Å². The van der Waals surface area contributed by atoms with Crippen molar-refractivity contribution in [1.82, 2.24) is 0 Å². The molecule has 94 valence electrons. The molecular weight excluding hydrogens is 311 g/mol. The Hall–Kier alpha value is -0.620. The maximum atomic E-state index is 11.0. The van der Waals surface area contributed by atoms with Gasteiger partial charge in [-0.2, -0.15) is 0 Å². The highest BCUT2D eigenvalue weighted by Crippen LogP contribution is 2.29. The Morgan fingerprint density at radius 1 is 1.53 bits per heavy atom. The smallest absolute Gasteiger partial charge is 0.308 e. The fourth-order valence-electron chi connectivity index (χ4n) is 1.31. The lowest BCUT2D eigenvalue weighted by molar-refractivity contribution is -0.144. The highest BCUT2D eigenvalue weighted by Gasteiger charge is 2.23. The molecule has 1 aromatic rings. The van der Waals surface area contributed by atoms with Crippen LogP contribution in [0.4, 0.5) is 0 Å². The average molecular weight is 324 g/mol. The first kappa shape index (κ1) is 14.4. The summed E-state index contributed by atoms with van der Waals surface area (Å²) in [5.74, 6) is -0.588. The van der Waals surface area contributed by atoms with Crippen LogP contribution in [0.15, 0.2) is 22.7 Å². The number of halogens is 2. The second kappa shape index (κ2) is 6.35. The number of aliphatic hydroxyl groups excluding tert-OH is 2. The van der Waals surface area contributed by atoms with Crippen molar-refractivity contribution in [2.24, 2.45) is 0 Å². The molecule has 2 atom stereocenters.